The van der Waals surface area contributed by atoms with Crippen LogP contribution in [0.1, 0.15) is 52.0 Å². The van der Waals surface area contributed by atoms with Crippen molar-refractivity contribution < 1.29 is 39.9 Å². The van der Waals surface area contributed by atoms with Crippen LogP contribution in [0.4, 0.5) is 27.6 Å². The molecule has 3 aromatic rings. The van der Waals surface area contributed by atoms with Gasteiger partial charge in [-0.25, -0.2) is 22.2 Å². The highest BCUT2D eigenvalue weighted by Crippen LogP contribution is 2.47. The zero-order chi connectivity index (χ0) is 28.0. The molecule has 0 spiro atoms. The van der Waals surface area contributed by atoms with Gasteiger partial charge in [0.2, 0.25) is 5.88 Å². The fraction of sp³-hybridized carbons (Fsp3) is 0.333. The Hall–Kier alpha value is -3.68. The number of carbonyl (C=O) groups excluding carboxylic acids is 1. The van der Waals surface area contributed by atoms with Crippen molar-refractivity contribution in [1.82, 2.24) is 15.2 Å². The number of alkyl halides is 4. The van der Waals surface area contributed by atoms with Crippen LogP contribution in [0.2, 0.25) is 0 Å². The Morgan fingerprint density at radius 3 is 2.37 bits per heavy atom. The first-order valence-corrected chi connectivity index (χ1v) is 13.1. The summed E-state index contributed by atoms with van der Waals surface area (Å²) in [4.78, 5) is 16.9. The maximum absolute atomic E-state index is 15.0. The highest BCUT2D eigenvalue weighted by atomic mass is 32.2. The van der Waals surface area contributed by atoms with Gasteiger partial charge in [-0.2, -0.15) is 13.2 Å². The van der Waals surface area contributed by atoms with E-state index >= 15 is 0 Å². The summed E-state index contributed by atoms with van der Waals surface area (Å²) >= 11 is 0. The lowest BCUT2D eigenvalue weighted by atomic mass is 9.77. The van der Waals surface area contributed by atoms with Gasteiger partial charge in [0.05, 0.1) is 4.90 Å². The summed E-state index contributed by atoms with van der Waals surface area (Å²) in [5, 5.41) is 8.86. The molecule has 1 fully saturated rings. The number of halogens is 5. The summed E-state index contributed by atoms with van der Waals surface area (Å²) in [7, 11) is -3.65. The number of sulfone groups is 1. The molecule has 1 aliphatic carbocycles. The minimum atomic E-state index is -4.97. The highest BCUT2D eigenvalue weighted by Gasteiger charge is 2.42. The van der Waals surface area contributed by atoms with Gasteiger partial charge < -0.3 is 10.1 Å². The predicted octanol–water partition coefficient (Wildman–Crippen LogP) is 5.44. The van der Waals surface area contributed by atoms with Crippen molar-refractivity contribution in [2.75, 3.05) is 11.6 Å². The van der Waals surface area contributed by atoms with E-state index in [1.54, 1.807) is 0 Å². The van der Waals surface area contributed by atoms with Crippen LogP contribution in [0.25, 0.3) is 0 Å². The summed E-state index contributed by atoms with van der Waals surface area (Å²) in [6.45, 7) is 2.21. The van der Waals surface area contributed by atoms with Gasteiger partial charge in [-0.3, -0.25) is 4.79 Å². The minimum absolute atomic E-state index is 0.0351. The van der Waals surface area contributed by atoms with Crippen LogP contribution in [0.15, 0.2) is 35.4 Å². The van der Waals surface area contributed by atoms with Crippen LogP contribution in [-0.2, 0) is 21.7 Å². The molecular formula is C24H21F5N4O4S. The Bertz CT molecular complexity index is 1540. The zero-order valence-electron chi connectivity index (χ0n) is 20.3. The SMILES string of the molecule is Cc1c(Oc2nnc(C(F)(F)F)c(C)c2C(=O)Nc2cccc(S(C)(=O)=O)c2)ncc(C2(F)CCC2)c1F. The molecule has 1 saturated carbocycles. The van der Waals surface area contributed by atoms with E-state index in [4.69, 9.17) is 4.74 Å². The van der Waals surface area contributed by atoms with Gasteiger partial charge in [0.15, 0.2) is 15.5 Å². The topological polar surface area (TPSA) is 111 Å². The number of benzene rings is 1. The Labute approximate surface area is 214 Å². The fourth-order valence-corrected chi connectivity index (χ4v) is 4.61. The number of hydrogen-bond donors (Lipinski definition) is 1. The first-order chi connectivity index (χ1) is 17.6. The van der Waals surface area contributed by atoms with Crippen molar-refractivity contribution in [2.45, 2.75) is 49.9 Å². The first kappa shape index (κ1) is 27.4. The number of carbonyl (C=O) groups is 1. The van der Waals surface area contributed by atoms with Crippen LogP contribution in [0.3, 0.4) is 0 Å². The molecule has 202 valence electrons. The second-order valence-corrected chi connectivity index (χ2v) is 11.0. The van der Waals surface area contributed by atoms with Gasteiger partial charge in [-0.1, -0.05) is 6.07 Å². The third-order valence-electron chi connectivity index (χ3n) is 6.22. The number of ether oxygens (including phenoxy) is 1. The zero-order valence-corrected chi connectivity index (χ0v) is 21.1. The van der Waals surface area contributed by atoms with Gasteiger partial charge in [0.1, 0.15) is 17.0 Å². The Morgan fingerprint density at radius 1 is 1.11 bits per heavy atom. The van der Waals surface area contributed by atoms with Crippen molar-refractivity contribution in [3.63, 3.8) is 0 Å². The summed E-state index contributed by atoms with van der Waals surface area (Å²) in [5.74, 6) is -3.22. The molecule has 0 atom stereocenters. The summed E-state index contributed by atoms with van der Waals surface area (Å²) in [6, 6.07) is 5.06. The van der Waals surface area contributed by atoms with Crippen LogP contribution >= 0.6 is 0 Å². The molecule has 2 aromatic heterocycles. The van der Waals surface area contributed by atoms with Gasteiger partial charge in [0, 0.05) is 29.3 Å². The average Bonchev–Trinajstić information content (AvgIpc) is 2.79. The molecule has 8 nitrogen and oxygen atoms in total. The lowest BCUT2D eigenvalue weighted by Crippen LogP contribution is -2.30. The summed E-state index contributed by atoms with van der Waals surface area (Å²) < 4.78 is 99.5. The third kappa shape index (κ3) is 5.17. The Morgan fingerprint density at radius 2 is 1.79 bits per heavy atom. The molecule has 14 heteroatoms. The van der Waals surface area contributed by atoms with Crippen LogP contribution in [0.5, 0.6) is 11.8 Å². The molecular weight excluding hydrogens is 535 g/mol. The Balaban J connectivity index is 1.76. The maximum Gasteiger partial charge on any atom is 0.435 e. The molecule has 1 aromatic carbocycles. The minimum Gasteiger partial charge on any atom is -0.418 e. The van der Waals surface area contributed by atoms with Crippen molar-refractivity contribution in [3.05, 3.63) is 64.2 Å². The third-order valence-corrected chi connectivity index (χ3v) is 7.33. The van der Waals surface area contributed by atoms with Crippen molar-refractivity contribution in [1.29, 1.82) is 0 Å². The molecule has 0 bridgehead atoms. The molecule has 0 aliphatic heterocycles. The number of amides is 1. The van der Waals surface area contributed by atoms with Crippen molar-refractivity contribution in [3.8, 4) is 11.8 Å². The van der Waals surface area contributed by atoms with E-state index in [-0.39, 0.29) is 34.6 Å². The van der Waals surface area contributed by atoms with Gasteiger partial charge in [0.25, 0.3) is 11.8 Å². The van der Waals surface area contributed by atoms with Crippen LogP contribution < -0.4 is 10.1 Å². The molecule has 1 amide bonds. The van der Waals surface area contributed by atoms with Crippen LogP contribution in [-0.4, -0.2) is 35.8 Å². The van der Waals surface area contributed by atoms with E-state index in [0.717, 1.165) is 25.4 Å². The van der Waals surface area contributed by atoms with E-state index in [1.807, 2.05) is 0 Å². The molecule has 1 N–H and O–H groups in total. The molecule has 0 unspecified atom stereocenters. The molecule has 4 rings (SSSR count). The summed E-state index contributed by atoms with van der Waals surface area (Å²) in [5.41, 5.74) is -5.20. The monoisotopic (exact) mass is 556 g/mol. The average molecular weight is 557 g/mol. The highest BCUT2D eigenvalue weighted by molar-refractivity contribution is 7.90. The maximum atomic E-state index is 15.0. The standard InChI is InChI=1S/C24H21F5N4O4S/c1-12-17(20(34)31-14-6-4-7-15(10-14)38(3,35)36)22(33-32-19(12)24(27,28)29)37-21-13(2)18(25)16(11-30-21)23(26)8-5-9-23/h4,6-7,10-11H,5,8-9H2,1-3H3,(H,31,34). The molecule has 38 heavy (non-hydrogen) atoms. The number of nitrogens with zero attached hydrogens (tertiary/aromatic N) is 3. The van der Waals surface area contributed by atoms with Crippen LogP contribution in [0, 0.1) is 19.7 Å². The fourth-order valence-electron chi connectivity index (χ4n) is 3.94. The number of anilines is 1. The number of aromatic nitrogens is 3. The van der Waals surface area contributed by atoms with Crippen molar-refractivity contribution in [2.24, 2.45) is 0 Å². The lowest BCUT2D eigenvalue weighted by Gasteiger charge is -2.34. The van der Waals surface area contributed by atoms with E-state index in [2.05, 4.69) is 20.5 Å². The first-order valence-electron chi connectivity index (χ1n) is 11.2. The molecule has 0 radical (unpaired) electrons. The molecule has 1 aliphatic rings. The molecule has 0 saturated heterocycles. The van der Waals surface area contributed by atoms with E-state index in [9.17, 15) is 35.2 Å². The predicted molar refractivity (Wildman–Crippen MR) is 125 cm³/mol. The quantitative estimate of drug-likeness (QED) is 0.403. The number of rotatable bonds is 6. The van der Waals surface area contributed by atoms with E-state index in [1.165, 1.54) is 25.1 Å². The Kier molecular flexibility index (Phi) is 6.89. The normalized spacial score (nSPS) is 15.1. The number of pyridine rings is 1. The van der Waals surface area contributed by atoms with Gasteiger partial charge in [-0.15, -0.1) is 10.2 Å². The molecule has 2 heterocycles. The number of nitrogens with one attached hydrogen (secondary N) is 1. The second kappa shape index (κ2) is 9.57. The van der Waals surface area contributed by atoms with Gasteiger partial charge >= 0.3 is 6.18 Å². The second-order valence-electron chi connectivity index (χ2n) is 8.94. The smallest absolute Gasteiger partial charge is 0.418 e. The van der Waals surface area contributed by atoms with Crippen molar-refractivity contribution >= 4 is 21.4 Å². The largest absolute Gasteiger partial charge is 0.435 e. The summed E-state index contributed by atoms with van der Waals surface area (Å²) in [6.07, 6.45) is -2.25. The van der Waals surface area contributed by atoms with Gasteiger partial charge in [-0.05, 0) is 56.9 Å². The van der Waals surface area contributed by atoms with E-state index in [0.29, 0.717) is 6.42 Å². The lowest BCUT2D eigenvalue weighted by molar-refractivity contribution is -0.142. The number of hydrogen-bond acceptors (Lipinski definition) is 7. The van der Waals surface area contributed by atoms with E-state index < -0.39 is 62.0 Å².